The minimum Gasteiger partial charge on any atom is -0.396 e. The number of nitrogens with one attached hydrogen (secondary N) is 2. The van der Waals surface area contributed by atoms with Gasteiger partial charge in [-0.05, 0) is 18.2 Å². The number of carbonyl (C=O) groups is 1. The lowest BCUT2D eigenvalue weighted by Crippen LogP contribution is -2.14. The Morgan fingerprint density at radius 1 is 1.50 bits per heavy atom. The van der Waals surface area contributed by atoms with Gasteiger partial charge in [-0.2, -0.15) is 5.10 Å². The second-order valence-corrected chi connectivity index (χ2v) is 4.08. The van der Waals surface area contributed by atoms with Gasteiger partial charge >= 0.3 is 0 Å². The lowest BCUT2D eigenvalue weighted by atomic mass is 10.3. The van der Waals surface area contributed by atoms with Crippen LogP contribution in [0.25, 0.3) is 0 Å². The first-order valence-electron chi connectivity index (χ1n) is 4.52. The molecule has 0 saturated carbocycles. The number of H-pyrrole nitrogens is 1. The molecule has 2 aromatic rings. The molecule has 0 radical (unpaired) electrons. The number of benzene rings is 1. The first-order chi connectivity index (χ1) is 7.66. The molecule has 0 aliphatic rings. The van der Waals surface area contributed by atoms with Gasteiger partial charge in [0.25, 0.3) is 5.91 Å². The van der Waals surface area contributed by atoms with Crippen molar-refractivity contribution >= 4 is 33.2 Å². The van der Waals surface area contributed by atoms with Crippen LogP contribution in [0, 0.1) is 0 Å². The van der Waals surface area contributed by atoms with Crippen LogP contribution in [0.15, 0.2) is 34.9 Å². The summed E-state index contributed by atoms with van der Waals surface area (Å²) in [6, 6.07) is 7.29. The Morgan fingerprint density at radius 3 is 2.94 bits per heavy atom. The molecule has 0 bridgehead atoms. The molecule has 0 saturated heterocycles. The van der Waals surface area contributed by atoms with Crippen molar-refractivity contribution in [1.29, 1.82) is 0 Å². The topological polar surface area (TPSA) is 83.8 Å². The number of nitrogen functional groups attached to an aromatic ring is 1. The Balaban J connectivity index is 2.17. The maximum absolute atomic E-state index is 11.7. The molecule has 5 nitrogen and oxygen atoms in total. The highest BCUT2D eigenvalue weighted by molar-refractivity contribution is 9.10. The van der Waals surface area contributed by atoms with E-state index in [1.165, 1.54) is 6.20 Å². The van der Waals surface area contributed by atoms with Crippen molar-refractivity contribution in [2.75, 3.05) is 11.1 Å². The molecular formula is C10H9BrN4O. The number of aromatic nitrogens is 2. The molecule has 6 heteroatoms. The van der Waals surface area contributed by atoms with Crippen LogP contribution < -0.4 is 11.1 Å². The van der Waals surface area contributed by atoms with Crippen molar-refractivity contribution in [1.82, 2.24) is 10.2 Å². The Bertz CT molecular complexity index is 523. The van der Waals surface area contributed by atoms with Crippen LogP contribution in [0.3, 0.4) is 0 Å². The van der Waals surface area contributed by atoms with Gasteiger partial charge in [0.05, 0.1) is 11.9 Å². The summed E-state index contributed by atoms with van der Waals surface area (Å²) in [5.41, 5.74) is 6.84. The van der Waals surface area contributed by atoms with Gasteiger partial charge in [0.2, 0.25) is 0 Å². The van der Waals surface area contributed by atoms with Crippen LogP contribution in [-0.2, 0) is 0 Å². The van der Waals surface area contributed by atoms with Crippen LogP contribution >= 0.6 is 15.9 Å². The number of hydrogen-bond donors (Lipinski definition) is 3. The van der Waals surface area contributed by atoms with E-state index < -0.39 is 0 Å². The molecule has 1 heterocycles. The third-order valence-corrected chi connectivity index (χ3v) is 2.47. The number of halogens is 1. The fraction of sp³-hybridized carbons (Fsp3) is 0. The van der Waals surface area contributed by atoms with E-state index in [0.29, 0.717) is 11.4 Å². The van der Waals surface area contributed by atoms with Crippen molar-refractivity contribution in [3.05, 3.63) is 40.6 Å². The molecule has 2 rings (SSSR count). The monoisotopic (exact) mass is 280 g/mol. The fourth-order valence-corrected chi connectivity index (χ4v) is 1.64. The zero-order valence-electron chi connectivity index (χ0n) is 8.20. The molecule has 0 fully saturated rings. The molecular weight excluding hydrogens is 272 g/mol. The molecule has 16 heavy (non-hydrogen) atoms. The molecule has 0 spiro atoms. The molecule has 1 amide bonds. The number of nitrogens with two attached hydrogens (primary N) is 1. The van der Waals surface area contributed by atoms with Gasteiger partial charge in [-0.15, -0.1) is 0 Å². The zero-order chi connectivity index (χ0) is 11.5. The lowest BCUT2D eigenvalue weighted by molar-refractivity contribution is 0.102. The third-order valence-electron chi connectivity index (χ3n) is 1.98. The highest BCUT2D eigenvalue weighted by Gasteiger charge is 2.11. The van der Waals surface area contributed by atoms with Crippen molar-refractivity contribution in [3.63, 3.8) is 0 Å². The van der Waals surface area contributed by atoms with Gasteiger partial charge in [0.1, 0.15) is 5.69 Å². The van der Waals surface area contributed by atoms with E-state index in [1.54, 1.807) is 12.1 Å². The van der Waals surface area contributed by atoms with Crippen LogP contribution in [-0.4, -0.2) is 16.1 Å². The van der Waals surface area contributed by atoms with Crippen molar-refractivity contribution < 1.29 is 4.79 Å². The summed E-state index contributed by atoms with van der Waals surface area (Å²) in [5.74, 6) is -0.312. The molecule has 0 aliphatic heterocycles. The predicted molar refractivity (Wildman–Crippen MR) is 65.1 cm³/mol. The summed E-state index contributed by atoms with van der Waals surface area (Å²) < 4.78 is 0.892. The van der Waals surface area contributed by atoms with E-state index in [4.69, 9.17) is 5.73 Å². The number of hydrogen-bond acceptors (Lipinski definition) is 3. The van der Waals surface area contributed by atoms with E-state index in [1.807, 2.05) is 12.1 Å². The number of rotatable bonds is 2. The molecule has 1 aromatic carbocycles. The first kappa shape index (κ1) is 10.7. The van der Waals surface area contributed by atoms with Gasteiger partial charge in [-0.25, -0.2) is 0 Å². The number of aromatic amines is 1. The van der Waals surface area contributed by atoms with Gasteiger partial charge < -0.3 is 11.1 Å². The molecule has 4 N–H and O–H groups in total. The summed E-state index contributed by atoms with van der Waals surface area (Å²) in [6.45, 7) is 0. The molecule has 82 valence electrons. The van der Waals surface area contributed by atoms with Crippen LogP contribution in [0.2, 0.25) is 0 Å². The highest BCUT2D eigenvalue weighted by atomic mass is 79.9. The van der Waals surface area contributed by atoms with E-state index >= 15 is 0 Å². The molecule has 0 aliphatic carbocycles. The molecule has 0 unspecified atom stereocenters. The predicted octanol–water partition coefficient (Wildman–Crippen LogP) is 2.01. The molecule has 0 atom stereocenters. The minimum atomic E-state index is -0.312. The smallest absolute Gasteiger partial charge is 0.275 e. The number of amides is 1. The standard InChI is InChI=1S/C10H9BrN4O/c11-6-2-1-3-7(4-6)14-10(16)9-8(12)5-13-15-9/h1-5H,12H2,(H,13,15)(H,14,16). The van der Waals surface area contributed by atoms with Crippen molar-refractivity contribution in [2.45, 2.75) is 0 Å². The Hall–Kier alpha value is -1.82. The quantitative estimate of drug-likeness (QED) is 0.787. The fourth-order valence-electron chi connectivity index (χ4n) is 1.24. The largest absolute Gasteiger partial charge is 0.396 e. The maximum atomic E-state index is 11.7. The Morgan fingerprint density at radius 2 is 2.31 bits per heavy atom. The summed E-state index contributed by atoms with van der Waals surface area (Å²) >= 11 is 3.32. The van der Waals surface area contributed by atoms with Crippen molar-refractivity contribution in [2.24, 2.45) is 0 Å². The Kier molecular flexibility index (Phi) is 2.91. The highest BCUT2D eigenvalue weighted by Crippen LogP contribution is 2.17. The van der Waals surface area contributed by atoms with Crippen LogP contribution in [0.1, 0.15) is 10.5 Å². The van der Waals surface area contributed by atoms with E-state index in [0.717, 1.165) is 4.47 Å². The maximum Gasteiger partial charge on any atom is 0.275 e. The lowest BCUT2D eigenvalue weighted by Gasteiger charge is -2.04. The summed E-state index contributed by atoms with van der Waals surface area (Å²) in [5, 5.41) is 8.93. The van der Waals surface area contributed by atoms with E-state index in [9.17, 15) is 4.79 Å². The average Bonchev–Trinajstić information content (AvgIpc) is 2.64. The van der Waals surface area contributed by atoms with Gasteiger partial charge in [0.15, 0.2) is 0 Å². The zero-order valence-corrected chi connectivity index (χ0v) is 9.78. The first-order valence-corrected chi connectivity index (χ1v) is 5.32. The average molecular weight is 281 g/mol. The number of anilines is 2. The van der Waals surface area contributed by atoms with Gasteiger partial charge in [-0.1, -0.05) is 22.0 Å². The second-order valence-electron chi connectivity index (χ2n) is 3.16. The number of carbonyl (C=O) groups excluding carboxylic acids is 1. The second kappa shape index (κ2) is 4.36. The number of nitrogens with zero attached hydrogens (tertiary/aromatic N) is 1. The summed E-state index contributed by atoms with van der Waals surface area (Å²) in [6.07, 6.45) is 1.40. The van der Waals surface area contributed by atoms with Gasteiger partial charge in [0, 0.05) is 10.2 Å². The normalized spacial score (nSPS) is 10.1. The van der Waals surface area contributed by atoms with E-state index in [2.05, 4.69) is 31.4 Å². The summed E-state index contributed by atoms with van der Waals surface area (Å²) in [7, 11) is 0. The van der Waals surface area contributed by atoms with E-state index in [-0.39, 0.29) is 11.6 Å². The minimum absolute atomic E-state index is 0.264. The summed E-state index contributed by atoms with van der Waals surface area (Å²) in [4.78, 5) is 11.7. The Labute approximate surface area is 100 Å². The van der Waals surface area contributed by atoms with Crippen LogP contribution in [0.5, 0.6) is 0 Å². The SMILES string of the molecule is Nc1cn[nH]c1C(=O)Nc1cccc(Br)c1. The van der Waals surface area contributed by atoms with Crippen molar-refractivity contribution in [3.8, 4) is 0 Å². The third kappa shape index (κ3) is 2.22. The molecule has 1 aromatic heterocycles. The van der Waals surface area contributed by atoms with Gasteiger partial charge in [-0.3, -0.25) is 9.89 Å². The van der Waals surface area contributed by atoms with Crippen LogP contribution in [0.4, 0.5) is 11.4 Å².